The van der Waals surface area contributed by atoms with Crippen LogP contribution in [0.3, 0.4) is 0 Å². The minimum atomic E-state index is -5.52. The molecule has 0 aliphatic carbocycles. The molecule has 5 saturated heterocycles. The Hall–Kier alpha value is -2.94. The molecule has 0 saturated carbocycles. The Kier molecular flexibility index (Phi) is 40.7. The van der Waals surface area contributed by atoms with Gasteiger partial charge in [0.1, 0.15) is 116 Å². The number of aliphatic hydroxyl groups is 14. The van der Waals surface area contributed by atoms with Crippen LogP contribution < -0.4 is 10.6 Å². The van der Waals surface area contributed by atoms with Crippen molar-refractivity contribution in [2.75, 3.05) is 33.0 Å². The number of allylic oxidation sites excluding steroid dienone is 1. The minimum absolute atomic E-state index is 0.172. The number of nitrogens with one attached hydrogen (secondary N) is 2. The van der Waals surface area contributed by atoms with E-state index in [4.69, 9.17) is 47.4 Å². The van der Waals surface area contributed by atoms with Crippen molar-refractivity contribution < 1.29 is 156 Å². The topological polar surface area (TPSA) is 535 Å². The predicted molar refractivity (Wildman–Crippen MR) is 351 cm³/mol. The van der Waals surface area contributed by atoms with Gasteiger partial charge in [-0.15, -0.1) is 0 Å². The van der Waals surface area contributed by atoms with Gasteiger partial charge in [0.2, 0.25) is 11.8 Å². The molecule has 101 heavy (non-hydrogen) atoms. The third-order valence-corrected chi connectivity index (χ3v) is 19.4. The van der Waals surface area contributed by atoms with Crippen LogP contribution in [0.4, 0.5) is 0 Å². The monoisotopic (exact) mass is 1480 g/mol. The molecule has 0 aromatic rings. The highest BCUT2D eigenvalue weighted by Crippen LogP contribution is 2.37. The van der Waals surface area contributed by atoms with E-state index in [0.29, 0.717) is 12.8 Å². The highest BCUT2D eigenvalue weighted by Gasteiger charge is 2.58. The van der Waals surface area contributed by atoms with Gasteiger partial charge in [-0.3, -0.25) is 14.1 Å². The molecule has 5 rings (SSSR count). The predicted octanol–water partition coefficient (Wildman–Crippen LogP) is -1.25. The highest BCUT2D eigenvalue weighted by atomic mass is 32.3. The molecule has 0 aromatic carbocycles. The van der Waals surface area contributed by atoms with E-state index in [0.717, 1.165) is 58.3 Å². The largest absolute Gasteiger partial charge is 0.479 e. The summed E-state index contributed by atoms with van der Waals surface area (Å²) >= 11 is 0. The number of ether oxygens (including phenoxy) is 10. The normalized spacial score (nSPS) is 35.5. The fourth-order valence-corrected chi connectivity index (χ4v) is 13.6. The standard InChI is InChI=1S/C66H118N2O32S/c1-4-6-8-10-12-14-16-18-20-22-24-26-28-30-39(74)38(68-44(75)31-29-27-25-23-21-19-17-15-13-11-9-7-5-2)36-90-63-50(80)49(79)56(43(35-72)94-63)96-65-52(82)57(46(76)40(32-69)92-65)97-62-45(67-37(3)73)48(78)55(42(34-71)93-62)95-64-53(83)58(47(77)41(33-70)91-64)98-66-54(84)59(100-101(87,88)89)51(81)60(99-66)61(85)86/h28,30,38-43,45-60,62-66,69-72,74,76-84H,4-27,29,31-36H2,1-3H3,(H,67,73)(H,68,75)(H,85,86)(H,87,88,89)/b30-28+/t38-,39+,40+,41+,42+,43+,45+,46-,47-,48+,49+,50+,51-,52+,53+,54+,55+,56+,57-,58-,59-,60-,62-,63+,64-,65-,66+/m0/s1. The van der Waals surface area contributed by atoms with Gasteiger partial charge in [0.05, 0.1) is 45.2 Å². The lowest BCUT2D eigenvalue weighted by Gasteiger charge is -2.50. The Bertz CT molecular complexity index is 2460. The van der Waals surface area contributed by atoms with Gasteiger partial charge in [0, 0.05) is 13.3 Å². The second-order valence-corrected chi connectivity index (χ2v) is 28.0. The third kappa shape index (κ3) is 28.0. The van der Waals surface area contributed by atoms with Crippen LogP contribution in [0.5, 0.6) is 0 Å². The molecular formula is C66H118N2O32S. The molecule has 27 atom stereocenters. The second-order valence-electron chi connectivity index (χ2n) is 26.9. The van der Waals surface area contributed by atoms with E-state index in [2.05, 4.69) is 28.7 Å². The summed E-state index contributed by atoms with van der Waals surface area (Å²) in [5, 5.41) is 171. The molecule has 0 aromatic heterocycles. The lowest BCUT2D eigenvalue weighted by molar-refractivity contribution is -0.386. The Morgan fingerprint density at radius 3 is 1.31 bits per heavy atom. The number of carbonyl (C=O) groups is 3. The zero-order valence-corrected chi connectivity index (χ0v) is 59.1. The third-order valence-electron chi connectivity index (χ3n) is 18.9. The molecule has 18 N–H and O–H groups in total. The van der Waals surface area contributed by atoms with Crippen LogP contribution in [0, 0.1) is 0 Å². The van der Waals surface area contributed by atoms with Crippen LogP contribution in [0.2, 0.25) is 0 Å². The van der Waals surface area contributed by atoms with Crippen LogP contribution in [-0.2, 0) is 76.3 Å². The average Bonchev–Trinajstić information content (AvgIpc) is 0.774. The first-order valence-electron chi connectivity index (χ1n) is 36.1. The number of carboxylic acids is 1. The molecule has 5 heterocycles. The van der Waals surface area contributed by atoms with E-state index in [1.165, 1.54) is 96.3 Å². The highest BCUT2D eigenvalue weighted by molar-refractivity contribution is 7.80. The smallest absolute Gasteiger partial charge is 0.397 e. The fourth-order valence-electron chi connectivity index (χ4n) is 13.1. The van der Waals surface area contributed by atoms with Crippen molar-refractivity contribution in [2.45, 2.75) is 353 Å². The fraction of sp³-hybridized carbons (Fsp3) is 0.924. The van der Waals surface area contributed by atoms with E-state index in [9.17, 15) is 104 Å². The van der Waals surface area contributed by atoms with E-state index in [-0.39, 0.29) is 12.3 Å². The molecule has 590 valence electrons. The van der Waals surface area contributed by atoms with Crippen molar-refractivity contribution in [3.63, 3.8) is 0 Å². The summed E-state index contributed by atoms with van der Waals surface area (Å²) in [7, 11) is -5.52. The van der Waals surface area contributed by atoms with Crippen molar-refractivity contribution in [3.8, 4) is 0 Å². The van der Waals surface area contributed by atoms with E-state index >= 15 is 0 Å². The summed E-state index contributed by atoms with van der Waals surface area (Å²) in [5.74, 6) is -3.21. The van der Waals surface area contributed by atoms with Gasteiger partial charge in [-0.2, -0.15) is 8.42 Å². The number of aliphatic hydroxyl groups excluding tert-OH is 14. The molecule has 5 aliphatic rings. The van der Waals surface area contributed by atoms with Gasteiger partial charge in [-0.1, -0.05) is 167 Å². The zero-order chi connectivity index (χ0) is 74.3. The number of hydrogen-bond acceptors (Lipinski definition) is 30. The second kappa shape index (κ2) is 46.3. The SMILES string of the molecule is CCCCCCCCCCCCC/C=C/[C@@H](O)[C@H](CO[C@@H]1O[C@H](CO)[C@@H](O[C@@H]2O[C@H](CO)[C@H](O)[C@H](O[C@@H]3O[C@H](CO)[C@@H](O[C@@H]4O[C@H](CO)[C@H](O)[C@H](O[C@@H]5O[C@H](C(=O)O)[C@@H](O)[C@H](OS(=O)(=O)O)[C@H]5O)[C@H]4O)[C@H](O)[C@H]3NC(C)=O)[C@H]2O)[C@H](O)[C@H]1O)NC(=O)CCCCCCCCCCCCCCC. The molecule has 0 radical (unpaired) electrons. The molecule has 0 bridgehead atoms. The molecule has 0 unspecified atom stereocenters. The van der Waals surface area contributed by atoms with E-state index in [1.807, 2.05) is 6.08 Å². The molecule has 5 aliphatic heterocycles. The first kappa shape index (κ1) is 88.7. The van der Waals surface area contributed by atoms with Gasteiger partial charge >= 0.3 is 16.4 Å². The molecule has 0 spiro atoms. The molecular weight excluding hydrogens is 1360 g/mol. The summed E-state index contributed by atoms with van der Waals surface area (Å²) < 4.78 is 94.4. The number of amides is 2. The zero-order valence-electron chi connectivity index (χ0n) is 58.3. The maximum absolute atomic E-state index is 13.4. The molecule has 34 nitrogen and oxygen atoms in total. The van der Waals surface area contributed by atoms with Crippen molar-refractivity contribution in [3.05, 3.63) is 12.2 Å². The van der Waals surface area contributed by atoms with Crippen LogP contribution in [0.25, 0.3) is 0 Å². The van der Waals surface area contributed by atoms with Crippen LogP contribution in [0.1, 0.15) is 188 Å². The van der Waals surface area contributed by atoms with E-state index in [1.54, 1.807) is 6.08 Å². The first-order chi connectivity index (χ1) is 48.2. The van der Waals surface area contributed by atoms with Crippen LogP contribution in [0.15, 0.2) is 12.2 Å². The summed E-state index contributed by atoms with van der Waals surface area (Å²) in [5.41, 5.74) is 0. The maximum atomic E-state index is 13.4. The Balaban J connectivity index is 1.24. The number of rotatable bonds is 48. The number of carboxylic acid groups (broad SMARTS) is 1. The minimum Gasteiger partial charge on any atom is -0.479 e. The summed E-state index contributed by atoms with van der Waals surface area (Å²) in [4.78, 5) is 38.2. The lowest BCUT2D eigenvalue weighted by Crippen LogP contribution is -2.70. The Morgan fingerprint density at radius 2 is 0.861 bits per heavy atom. The van der Waals surface area contributed by atoms with E-state index < -0.39 is 221 Å². The van der Waals surface area contributed by atoms with Crippen molar-refractivity contribution >= 4 is 28.2 Å². The number of carbonyl (C=O) groups excluding carboxylic acids is 2. The van der Waals surface area contributed by atoms with Gasteiger partial charge in [0.25, 0.3) is 0 Å². The number of hydrogen-bond donors (Lipinski definition) is 18. The average molecular weight is 1480 g/mol. The van der Waals surface area contributed by atoms with Crippen molar-refractivity contribution in [2.24, 2.45) is 0 Å². The Labute approximate surface area is 590 Å². The first-order valence-corrected chi connectivity index (χ1v) is 37.5. The van der Waals surface area contributed by atoms with Gasteiger partial charge in [-0.05, 0) is 19.3 Å². The summed E-state index contributed by atoms with van der Waals surface area (Å²) in [6.07, 6.45) is -19.8. The quantitative estimate of drug-likeness (QED) is 0.0192. The van der Waals surface area contributed by atoms with Crippen LogP contribution in [-0.4, -0.2) is 306 Å². The van der Waals surface area contributed by atoms with Gasteiger partial charge < -0.3 is 135 Å². The molecule has 2 amide bonds. The van der Waals surface area contributed by atoms with Crippen molar-refractivity contribution in [1.82, 2.24) is 10.6 Å². The molecule has 5 fully saturated rings. The summed E-state index contributed by atoms with van der Waals surface area (Å²) in [6.45, 7) is 0.757. The van der Waals surface area contributed by atoms with Gasteiger partial charge in [-0.25, -0.2) is 8.98 Å². The summed E-state index contributed by atoms with van der Waals surface area (Å²) in [6, 6.07) is -2.93. The lowest BCUT2D eigenvalue weighted by atomic mass is 9.94. The van der Waals surface area contributed by atoms with Crippen LogP contribution >= 0.6 is 0 Å². The maximum Gasteiger partial charge on any atom is 0.397 e. The number of unbranched alkanes of at least 4 members (excludes halogenated alkanes) is 23. The number of aliphatic carboxylic acids is 1. The molecule has 35 heteroatoms. The Morgan fingerprint density at radius 1 is 0.465 bits per heavy atom. The van der Waals surface area contributed by atoms with Crippen molar-refractivity contribution in [1.29, 1.82) is 0 Å². The van der Waals surface area contributed by atoms with Gasteiger partial charge in [0.15, 0.2) is 37.6 Å².